The van der Waals surface area contributed by atoms with Gasteiger partial charge >= 0.3 is 0 Å². The van der Waals surface area contributed by atoms with Gasteiger partial charge in [-0.3, -0.25) is 0 Å². The Balaban J connectivity index is 2.55. The van der Waals surface area contributed by atoms with Crippen molar-refractivity contribution in [2.75, 3.05) is 34.3 Å². The molecular weight excluding hydrogens is 236 g/mol. The molecule has 0 aromatic heterocycles. The van der Waals surface area contributed by atoms with Crippen LogP contribution in [-0.4, -0.2) is 39.2 Å². The third-order valence-corrected chi connectivity index (χ3v) is 3.72. The number of nitrogens with zero attached hydrogens (tertiary/aromatic N) is 1. The molecule has 0 spiro atoms. The summed E-state index contributed by atoms with van der Waals surface area (Å²) in [5, 5.41) is 3.30. The zero-order valence-corrected chi connectivity index (χ0v) is 13.0. The first-order chi connectivity index (χ1) is 9.03. The minimum absolute atomic E-state index is 0.329. The smallest absolute Gasteiger partial charge is 0.118 e. The van der Waals surface area contributed by atoms with E-state index in [0.717, 1.165) is 25.4 Å². The van der Waals surface area contributed by atoms with Crippen molar-refractivity contribution in [1.82, 2.24) is 10.2 Å². The van der Waals surface area contributed by atoms with Crippen molar-refractivity contribution >= 4 is 0 Å². The van der Waals surface area contributed by atoms with Crippen LogP contribution in [0.1, 0.15) is 25.8 Å². The summed E-state index contributed by atoms with van der Waals surface area (Å²) in [6.45, 7) is 7.72. The van der Waals surface area contributed by atoms with Crippen molar-refractivity contribution in [2.24, 2.45) is 5.41 Å². The molecular formula is C16H28N2O. The van der Waals surface area contributed by atoms with E-state index < -0.39 is 0 Å². The maximum atomic E-state index is 5.18. The zero-order chi connectivity index (χ0) is 14.3. The van der Waals surface area contributed by atoms with Gasteiger partial charge in [-0.05, 0) is 43.6 Å². The Hall–Kier alpha value is -1.06. The lowest BCUT2D eigenvalue weighted by Gasteiger charge is -2.33. The normalized spacial score (nSPS) is 14.4. The molecule has 1 rings (SSSR count). The second-order valence-electron chi connectivity index (χ2n) is 5.71. The summed E-state index contributed by atoms with van der Waals surface area (Å²) in [7, 11) is 5.91. The predicted octanol–water partition coefficient (Wildman–Crippen LogP) is 2.76. The van der Waals surface area contributed by atoms with Gasteiger partial charge < -0.3 is 15.0 Å². The van der Waals surface area contributed by atoms with Gasteiger partial charge in [-0.2, -0.15) is 0 Å². The highest BCUT2D eigenvalue weighted by Crippen LogP contribution is 2.22. The van der Waals surface area contributed by atoms with Crippen LogP contribution >= 0.6 is 0 Å². The van der Waals surface area contributed by atoms with Crippen LogP contribution in [0.5, 0.6) is 5.75 Å². The van der Waals surface area contributed by atoms with Crippen LogP contribution < -0.4 is 10.1 Å². The fraction of sp³-hybridized carbons (Fsp3) is 0.625. The monoisotopic (exact) mass is 264 g/mol. The molecule has 0 heterocycles. The molecule has 0 aliphatic rings. The van der Waals surface area contributed by atoms with Gasteiger partial charge in [-0.25, -0.2) is 0 Å². The molecule has 0 aliphatic carbocycles. The molecule has 1 aromatic rings. The Bertz CT molecular complexity index is 364. The highest BCUT2D eigenvalue weighted by atomic mass is 16.5. The fourth-order valence-electron chi connectivity index (χ4n) is 2.47. The number of hydrogen-bond acceptors (Lipinski definition) is 3. The molecule has 108 valence electrons. The Morgan fingerprint density at radius 1 is 1.26 bits per heavy atom. The maximum absolute atomic E-state index is 5.18. The summed E-state index contributed by atoms with van der Waals surface area (Å²) in [5.41, 5.74) is 1.65. The number of ether oxygens (including phenoxy) is 1. The lowest BCUT2D eigenvalue weighted by atomic mass is 9.87. The van der Waals surface area contributed by atoms with Crippen LogP contribution in [0.2, 0.25) is 0 Å². The van der Waals surface area contributed by atoms with Crippen LogP contribution in [0, 0.1) is 5.41 Å². The first-order valence-electron chi connectivity index (χ1n) is 6.99. The second-order valence-corrected chi connectivity index (χ2v) is 5.71. The van der Waals surface area contributed by atoms with Crippen molar-refractivity contribution in [1.29, 1.82) is 0 Å². The molecule has 0 aliphatic heterocycles. The van der Waals surface area contributed by atoms with Gasteiger partial charge in [0.1, 0.15) is 5.75 Å². The lowest BCUT2D eigenvalue weighted by molar-refractivity contribution is 0.178. The number of methoxy groups -OCH3 is 1. The van der Waals surface area contributed by atoms with Gasteiger partial charge in [0, 0.05) is 19.6 Å². The lowest BCUT2D eigenvalue weighted by Crippen LogP contribution is -2.39. The third kappa shape index (κ3) is 5.21. The summed E-state index contributed by atoms with van der Waals surface area (Å²) in [6.07, 6.45) is 1.18. The molecule has 1 aromatic carbocycles. The van der Waals surface area contributed by atoms with Crippen LogP contribution in [0.3, 0.4) is 0 Å². The van der Waals surface area contributed by atoms with Crippen molar-refractivity contribution in [3.8, 4) is 5.75 Å². The molecule has 0 fully saturated rings. The van der Waals surface area contributed by atoms with Crippen LogP contribution in [0.4, 0.5) is 0 Å². The summed E-state index contributed by atoms with van der Waals surface area (Å²) in [6, 6.07) is 8.32. The highest BCUT2D eigenvalue weighted by molar-refractivity contribution is 5.27. The molecule has 1 N–H and O–H groups in total. The molecule has 3 heteroatoms. The fourth-order valence-corrected chi connectivity index (χ4v) is 2.47. The summed E-state index contributed by atoms with van der Waals surface area (Å²) in [4.78, 5) is 2.39. The third-order valence-electron chi connectivity index (χ3n) is 3.72. The second kappa shape index (κ2) is 7.51. The van der Waals surface area contributed by atoms with E-state index in [4.69, 9.17) is 4.74 Å². The Morgan fingerprint density at radius 3 is 2.37 bits per heavy atom. The SMILES string of the molecule is CCC(C)(CNC)CN(C)Cc1ccc(OC)cc1. The van der Waals surface area contributed by atoms with Gasteiger partial charge in [0.2, 0.25) is 0 Å². The molecule has 0 saturated heterocycles. The Morgan fingerprint density at radius 2 is 1.89 bits per heavy atom. The average Bonchev–Trinajstić information content (AvgIpc) is 2.39. The van der Waals surface area contributed by atoms with Gasteiger partial charge in [0.15, 0.2) is 0 Å². The van der Waals surface area contributed by atoms with Crippen molar-refractivity contribution < 1.29 is 4.74 Å². The number of rotatable bonds is 8. The topological polar surface area (TPSA) is 24.5 Å². The molecule has 19 heavy (non-hydrogen) atoms. The molecule has 0 bridgehead atoms. The first-order valence-corrected chi connectivity index (χ1v) is 6.99. The minimum atomic E-state index is 0.329. The average molecular weight is 264 g/mol. The quantitative estimate of drug-likeness (QED) is 0.781. The van der Waals surface area contributed by atoms with E-state index in [1.807, 2.05) is 19.2 Å². The van der Waals surface area contributed by atoms with E-state index >= 15 is 0 Å². The van der Waals surface area contributed by atoms with Crippen LogP contribution in [0.25, 0.3) is 0 Å². The molecule has 0 saturated carbocycles. The first kappa shape index (κ1) is 16.0. The molecule has 0 radical (unpaired) electrons. The molecule has 3 nitrogen and oxygen atoms in total. The standard InChI is InChI=1S/C16H28N2O/c1-6-16(2,12-17-3)13-18(4)11-14-7-9-15(19-5)10-8-14/h7-10,17H,6,11-13H2,1-5H3. The highest BCUT2D eigenvalue weighted by Gasteiger charge is 2.22. The summed E-state index contributed by atoms with van der Waals surface area (Å²) in [5.74, 6) is 0.917. The maximum Gasteiger partial charge on any atom is 0.118 e. The molecule has 1 unspecified atom stereocenters. The number of hydrogen-bond donors (Lipinski definition) is 1. The van der Waals surface area contributed by atoms with Crippen molar-refractivity contribution in [3.05, 3.63) is 29.8 Å². The molecule has 0 amide bonds. The van der Waals surface area contributed by atoms with Gasteiger partial charge in [-0.15, -0.1) is 0 Å². The van der Waals surface area contributed by atoms with E-state index in [0.29, 0.717) is 5.41 Å². The van der Waals surface area contributed by atoms with E-state index in [2.05, 4.69) is 43.2 Å². The van der Waals surface area contributed by atoms with Crippen molar-refractivity contribution in [2.45, 2.75) is 26.8 Å². The van der Waals surface area contributed by atoms with Gasteiger partial charge in [-0.1, -0.05) is 26.0 Å². The summed E-state index contributed by atoms with van der Waals surface area (Å²) >= 11 is 0. The minimum Gasteiger partial charge on any atom is -0.497 e. The number of benzene rings is 1. The van der Waals surface area contributed by atoms with Crippen molar-refractivity contribution in [3.63, 3.8) is 0 Å². The summed E-state index contributed by atoms with van der Waals surface area (Å²) < 4.78 is 5.18. The largest absolute Gasteiger partial charge is 0.497 e. The van der Waals surface area contributed by atoms with E-state index in [1.54, 1.807) is 7.11 Å². The Kier molecular flexibility index (Phi) is 6.32. The Labute approximate surface area is 118 Å². The predicted molar refractivity (Wildman–Crippen MR) is 81.7 cm³/mol. The van der Waals surface area contributed by atoms with E-state index in [1.165, 1.54) is 12.0 Å². The zero-order valence-electron chi connectivity index (χ0n) is 13.0. The molecule has 1 atom stereocenters. The van der Waals surface area contributed by atoms with E-state index in [9.17, 15) is 0 Å². The van der Waals surface area contributed by atoms with Gasteiger partial charge in [0.25, 0.3) is 0 Å². The van der Waals surface area contributed by atoms with Gasteiger partial charge in [0.05, 0.1) is 7.11 Å². The number of nitrogens with one attached hydrogen (secondary N) is 1. The van der Waals surface area contributed by atoms with E-state index in [-0.39, 0.29) is 0 Å². The van der Waals surface area contributed by atoms with Crippen LogP contribution in [0.15, 0.2) is 24.3 Å². The van der Waals surface area contributed by atoms with Crippen LogP contribution in [-0.2, 0) is 6.54 Å².